The minimum Gasteiger partial charge on any atom is -0.468 e. The van der Waals surface area contributed by atoms with E-state index in [1.54, 1.807) is 6.92 Å². The van der Waals surface area contributed by atoms with E-state index in [0.717, 1.165) is 10.9 Å². The number of carbonyl (C=O) groups is 2. The molecule has 7 heteroatoms. The monoisotopic (exact) mass is 418 g/mol. The van der Waals surface area contributed by atoms with Crippen LogP contribution < -0.4 is 5.73 Å². The molecule has 7 nitrogen and oxygen atoms in total. The summed E-state index contributed by atoms with van der Waals surface area (Å²) in [7, 11) is 0. The molecule has 2 heterocycles. The number of hydrogen-bond donors (Lipinski definition) is 1. The molecule has 1 fully saturated rings. The SMILES string of the molecule is CCOC=O.Nc1nc(C(=O)N2Cc3ccccc3C2)c2cc(C3CCC3)ccc2n1. The molecule has 0 unspecified atom stereocenters. The maximum atomic E-state index is 13.2. The Balaban J connectivity index is 0.000000418. The highest BCUT2D eigenvalue weighted by Crippen LogP contribution is 2.37. The van der Waals surface area contributed by atoms with Crippen LogP contribution in [0.25, 0.3) is 10.9 Å². The molecule has 1 aromatic heterocycles. The number of anilines is 1. The molecule has 0 radical (unpaired) electrons. The van der Waals surface area contributed by atoms with E-state index in [-0.39, 0.29) is 11.9 Å². The van der Waals surface area contributed by atoms with Crippen LogP contribution in [-0.2, 0) is 22.6 Å². The van der Waals surface area contributed by atoms with Gasteiger partial charge in [0.15, 0.2) is 0 Å². The quantitative estimate of drug-likeness (QED) is 0.647. The highest BCUT2D eigenvalue weighted by atomic mass is 16.5. The molecular formula is C24H26N4O3. The van der Waals surface area contributed by atoms with Gasteiger partial charge in [0.1, 0.15) is 5.69 Å². The summed E-state index contributed by atoms with van der Waals surface area (Å²) >= 11 is 0. The van der Waals surface area contributed by atoms with Gasteiger partial charge < -0.3 is 15.4 Å². The predicted octanol–water partition coefficient (Wildman–Crippen LogP) is 3.81. The van der Waals surface area contributed by atoms with E-state index in [4.69, 9.17) is 5.73 Å². The number of amides is 1. The Morgan fingerprint density at radius 1 is 1.16 bits per heavy atom. The summed E-state index contributed by atoms with van der Waals surface area (Å²) in [5.74, 6) is 0.663. The van der Waals surface area contributed by atoms with E-state index in [2.05, 4.69) is 39.0 Å². The standard InChI is InChI=1S/C21H20N4O.C3H6O2/c22-21-23-18-9-8-14(13-6-3-7-13)10-17(18)19(24-21)20(26)25-11-15-4-1-2-5-16(15)12-25;1-2-5-3-4/h1-2,4-5,8-10,13H,3,6-7,11-12H2,(H2,22,23,24);3H,2H2,1H3. The fraction of sp³-hybridized carbons (Fsp3) is 0.333. The highest BCUT2D eigenvalue weighted by Gasteiger charge is 2.27. The molecule has 2 N–H and O–H groups in total. The molecule has 0 bridgehead atoms. The van der Waals surface area contributed by atoms with Gasteiger partial charge in [0.05, 0.1) is 12.1 Å². The first-order chi connectivity index (χ1) is 15.1. The summed E-state index contributed by atoms with van der Waals surface area (Å²) < 4.78 is 4.15. The molecule has 0 spiro atoms. The lowest BCUT2D eigenvalue weighted by atomic mass is 9.80. The number of nitrogens with zero attached hydrogens (tertiary/aromatic N) is 3. The first-order valence-electron chi connectivity index (χ1n) is 10.6. The second kappa shape index (κ2) is 9.12. The number of rotatable bonds is 4. The number of benzene rings is 2. The Bertz CT molecular complexity index is 1090. The van der Waals surface area contributed by atoms with Gasteiger partial charge in [-0.25, -0.2) is 9.97 Å². The Morgan fingerprint density at radius 3 is 2.42 bits per heavy atom. The van der Waals surface area contributed by atoms with Crippen molar-refractivity contribution >= 4 is 29.2 Å². The van der Waals surface area contributed by atoms with E-state index in [1.807, 2.05) is 23.1 Å². The van der Waals surface area contributed by atoms with Crippen LogP contribution in [0.2, 0.25) is 0 Å². The fourth-order valence-corrected chi connectivity index (χ4v) is 4.02. The molecule has 3 aromatic rings. The molecular weight excluding hydrogens is 392 g/mol. The maximum Gasteiger partial charge on any atom is 0.293 e. The summed E-state index contributed by atoms with van der Waals surface area (Å²) in [4.78, 5) is 32.9. The summed E-state index contributed by atoms with van der Waals surface area (Å²) in [5.41, 5.74) is 10.7. The van der Waals surface area contributed by atoms with Crippen molar-refractivity contribution in [1.29, 1.82) is 0 Å². The summed E-state index contributed by atoms with van der Waals surface area (Å²) in [6, 6.07) is 14.3. The lowest BCUT2D eigenvalue weighted by Gasteiger charge is -2.26. The van der Waals surface area contributed by atoms with Gasteiger partial charge in [-0.1, -0.05) is 36.8 Å². The molecule has 0 saturated heterocycles. The predicted molar refractivity (Wildman–Crippen MR) is 118 cm³/mol. The summed E-state index contributed by atoms with van der Waals surface area (Å²) in [6.45, 7) is 3.89. The van der Waals surface area contributed by atoms with Gasteiger partial charge in [-0.2, -0.15) is 0 Å². The van der Waals surface area contributed by atoms with Crippen LogP contribution in [0.1, 0.15) is 59.3 Å². The third-order valence-corrected chi connectivity index (χ3v) is 5.88. The zero-order chi connectivity index (χ0) is 21.8. The van der Waals surface area contributed by atoms with Crippen LogP contribution in [0.15, 0.2) is 42.5 Å². The zero-order valence-corrected chi connectivity index (χ0v) is 17.6. The molecule has 1 amide bonds. The Kier molecular flexibility index (Phi) is 6.11. The molecule has 2 aliphatic rings. The number of hydrogen-bond acceptors (Lipinski definition) is 6. The van der Waals surface area contributed by atoms with E-state index >= 15 is 0 Å². The molecule has 160 valence electrons. The molecule has 5 rings (SSSR count). The summed E-state index contributed by atoms with van der Waals surface area (Å²) in [5, 5.41) is 0.810. The van der Waals surface area contributed by atoms with Crippen molar-refractivity contribution in [2.75, 3.05) is 12.3 Å². The van der Waals surface area contributed by atoms with Crippen LogP contribution in [0.4, 0.5) is 5.95 Å². The molecule has 1 saturated carbocycles. The third kappa shape index (κ3) is 4.35. The molecule has 31 heavy (non-hydrogen) atoms. The molecule has 2 aromatic carbocycles. The van der Waals surface area contributed by atoms with Gasteiger partial charge in [0.2, 0.25) is 5.95 Å². The van der Waals surface area contributed by atoms with Crippen LogP contribution in [0.3, 0.4) is 0 Å². The second-order valence-corrected chi connectivity index (χ2v) is 7.82. The topological polar surface area (TPSA) is 98.4 Å². The fourth-order valence-electron chi connectivity index (χ4n) is 4.02. The van der Waals surface area contributed by atoms with Crippen molar-refractivity contribution in [3.63, 3.8) is 0 Å². The second-order valence-electron chi connectivity index (χ2n) is 7.82. The van der Waals surface area contributed by atoms with E-state index in [0.29, 0.717) is 37.8 Å². The first kappa shape index (κ1) is 20.8. The molecule has 1 aliphatic carbocycles. The van der Waals surface area contributed by atoms with Crippen molar-refractivity contribution in [2.24, 2.45) is 0 Å². The van der Waals surface area contributed by atoms with Gasteiger partial charge in [-0.3, -0.25) is 9.59 Å². The van der Waals surface area contributed by atoms with Crippen molar-refractivity contribution in [1.82, 2.24) is 14.9 Å². The lowest BCUT2D eigenvalue weighted by Crippen LogP contribution is -2.27. The van der Waals surface area contributed by atoms with Gasteiger partial charge in [0.25, 0.3) is 12.4 Å². The average molecular weight is 418 g/mol. The van der Waals surface area contributed by atoms with E-state index in [1.165, 1.54) is 36.0 Å². The molecule has 1 aliphatic heterocycles. The average Bonchev–Trinajstić information content (AvgIpc) is 3.17. The first-order valence-corrected chi connectivity index (χ1v) is 10.6. The van der Waals surface area contributed by atoms with Gasteiger partial charge >= 0.3 is 0 Å². The van der Waals surface area contributed by atoms with E-state index in [9.17, 15) is 9.59 Å². The smallest absolute Gasteiger partial charge is 0.293 e. The highest BCUT2D eigenvalue weighted by molar-refractivity contribution is 6.05. The number of aromatic nitrogens is 2. The zero-order valence-electron chi connectivity index (χ0n) is 17.6. The Morgan fingerprint density at radius 2 is 1.87 bits per heavy atom. The Hall–Kier alpha value is -3.48. The molecule has 0 atom stereocenters. The number of carbonyl (C=O) groups excluding carboxylic acids is 2. The van der Waals surface area contributed by atoms with Crippen LogP contribution in [0, 0.1) is 0 Å². The normalized spacial score (nSPS) is 14.9. The van der Waals surface area contributed by atoms with E-state index < -0.39 is 0 Å². The number of ether oxygens (including phenoxy) is 1. The van der Waals surface area contributed by atoms with Gasteiger partial charge in [-0.05, 0) is 54.5 Å². The van der Waals surface area contributed by atoms with Crippen molar-refractivity contribution in [3.05, 3.63) is 64.8 Å². The van der Waals surface area contributed by atoms with Crippen molar-refractivity contribution in [2.45, 2.75) is 45.2 Å². The Labute approximate surface area is 181 Å². The van der Waals surface area contributed by atoms with Crippen LogP contribution in [0.5, 0.6) is 0 Å². The maximum absolute atomic E-state index is 13.2. The number of fused-ring (bicyclic) bond motifs is 2. The third-order valence-electron chi connectivity index (χ3n) is 5.88. The van der Waals surface area contributed by atoms with Crippen LogP contribution in [-0.4, -0.2) is 33.9 Å². The summed E-state index contributed by atoms with van der Waals surface area (Å²) in [6.07, 6.45) is 3.71. The largest absolute Gasteiger partial charge is 0.468 e. The van der Waals surface area contributed by atoms with Crippen LogP contribution >= 0.6 is 0 Å². The van der Waals surface area contributed by atoms with Crippen molar-refractivity contribution in [3.8, 4) is 0 Å². The minimum absolute atomic E-state index is 0.0777. The van der Waals surface area contributed by atoms with Gasteiger partial charge in [-0.15, -0.1) is 0 Å². The van der Waals surface area contributed by atoms with Crippen molar-refractivity contribution < 1.29 is 14.3 Å². The minimum atomic E-state index is -0.0777. The number of nitrogens with two attached hydrogens (primary N) is 1. The lowest BCUT2D eigenvalue weighted by molar-refractivity contribution is -0.128. The number of nitrogen functional groups attached to an aromatic ring is 1. The van der Waals surface area contributed by atoms with Gasteiger partial charge in [0, 0.05) is 18.5 Å².